The summed E-state index contributed by atoms with van der Waals surface area (Å²) in [4.78, 5) is 20.2. The Hall–Kier alpha value is -2.82. The molecule has 1 unspecified atom stereocenters. The number of hydrogen-bond donors (Lipinski definition) is 2. The molecule has 2 N–H and O–H groups in total. The monoisotopic (exact) mass is 347 g/mol. The first kappa shape index (κ1) is 15.4. The molecule has 5 nitrogen and oxygen atoms in total. The molecular weight excluding hydrogens is 326 g/mol. The zero-order valence-corrected chi connectivity index (χ0v) is 14.5. The average molecular weight is 347 g/mol. The molecule has 5 heteroatoms. The Kier molecular flexibility index (Phi) is 3.48. The van der Waals surface area contributed by atoms with Crippen molar-refractivity contribution in [3.05, 3.63) is 59.9 Å². The molecule has 1 aliphatic heterocycles. The van der Waals surface area contributed by atoms with Crippen LogP contribution in [-0.2, 0) is 11.2 Å². The summed E-state index contributed by atoms with van der Waals surface area (Å²) in [6.07, 6.45) is 8.17. The van der Waals surface area contributed by atoms with Gasteiger partial charge in [-0.05, 0) is 43.0 Å². The Bertz CT molecular complexity index is 974. The second-order valence-corrected chi connectivity index (χ2v) is 7.39. The third-order valence-corrected chi connectivity index (χ3v) is 5.68. The molecule has 1 amide bonds. The summed E-state index contributed by atoms with van der Waals surface area (Å²) in [6.45, 7) is 0. The van der Waals surface area contributed by atoms with Crippen molar-refractivity contribution in [1.29, 1.82) is 0 Å². The van der Waals surface area contributed by atoms with Crippen molar-refractivity contribution < 1.29 is 9.53 Å². The van der Waals surface area contributed by atoms with E-state index in [1.165, 1.54) is 6.42 Å². The first-order valence-corrected chi connectivity index (χ1v) is 9.21. The van der Waals surface area contributed by atoms with Crippen LogP contribution >= 0.6 is 0 Å². The average Bonchev–Trinajstić information content (AvgIpc) is 3.03. The predicted molar refractivity (Wildman–Crippen MR) is 99.0 cm³/mol. The molecular formula is C21H21N3O2. The van der Waals surface area contributed by atoms with Gasteiger partial charge in [0.2, 0.25) is 5.91 Å². The molecule has 26 heavy (non-hydrogen) atoms. The number of aromatic amines is 1. The number of carbonyl (C=O) groups excluding carboxylic acids is 1. The highest BCUT2D eigenvalue weighted by Crippen LogP contribution is 2.48. The van der Waals surface area contributed by atoms with Crippen LogP contribution in [0.2, 0.25) is 0 Å². The molecule has 132 valence electrons. The molecule has 3 heterocycles. The number of H-pyrrole nitrogens is 1. The lowest BCUT2D eigenvalue weighted by molar-refractivity contribution is -0.122. The van der Waals surface area contributed by atoms with Gasteiger partial charge in [-0.25, -0.2) is 4.98 Å². The second kappa shape index (κ2) is 5.87. The maximum absolute atomic E-state index is 12.8. The lowest BCUT2D eigenvalue weighted by Gasteiger charge is -2.48. The zero-order valence-electron chi connectivity index (χ0n) is 14.5. The fourth-order valence-corrected chi connectivity index (χ4v) is 4.20. The van der Waals surface area contributed by atoms with Crippen LogP contribution in [0.1, 0.15) is 42.9 Å². The fraction of sp³-hybridized carbons (Fsp3) is 0.333. The summed E-state index contributed by atoms with van der Waals surface area (Å²) in [5.74, 6) is 0.950. The highest BCUT2D eigenvalue weighted by molar-refractivity contribution is 5.87. The molecule has 1 fully saturated rings. The number of carbonyl (C=O) groups is 1. The van der Waals surface area contributed by atoms with Gasteiger partial charge in [0.25, 0.3) is 0 Å². The van der Waals surface area contributed by atoms with Crippen molar-refractivity contribution in [2.45, 2.75) is 43.7 Å². The molecule has 0 saturated heterocycles. The van der Waals surface area contributed by atoms with E-state index in [1.807, 2.05) is 36.5 Å². The minimum Gasteiger partial charge on any atom is -0.487 e. The number of ether oxygens (including phenoxy) is 1. The van der Waals surface area contributed by atoms with Crippen LogP contribution in [0.4, 0.5) is 0 Å². The van der Waals surface area contributed by atoms with Crippen LogP contribution in [0.5, 0.6) is 5.75 Å². The third-order valence-electron chi connectivity index (χ3n) is 5.68. The molecule has 1 aliphatic carbocycles. The molecule has 2 aromatic heterocycles. The van der Waals surface area contributed by atoms with E-state index < -0.39 is 0 Å². The van der Waals surface area contributed by atoms with E-state index in [1.54, 1.807) is 6.20 Å². The molecule has 0 radical (unpaired) electrons. The minimum atomic E-state index is -0.0863. The van der Waals surface area contributed by atoms with Crippen LogP contribution in [-0.4, -0.2) is 21.5 Å². The fourth-order valence-electron chi connectivity index (χ4n) is 4.20. The Morgan fingerprint density at radius 3 is 3.00 bits per heavy atom. The summed E-state index contributed by atoms with van der Waals surface area (Å²) in [5, 5.41) is 4.25. The highest BCUT2D eigenvalue weighted by atomic mass is 16.5. The lowest BCUT2D eigenvalue weighted by Crippen LogP contribution is -2.49. The summed E-state index contributed by atoms with van der Waals surface area (Å²) >= 11 is 0. The Morgan fingerprint density at radius 1 is 1.27 bits per heavy atom. The number of amides is 1. The van der Waals surface area contributed by atoms with Crippen LogP contribution in [0, 0.1) is 0 Å². The molecule has 1 saturated carbocycles. The molecule has 2 aliphatic rings. The highest BCUT2D eigenvalue weighted by Gasteiger charge is 2.45. The molecule has 0 bridgehead atoms. The van der Waals surface area contributed by atoms with Crippen molar-refractivity contribution in [1.82, 2.24) is 15.3 Å². The van der Waals surface area contributed by atoms with Crippen molar-refractivity contribution in [2.75, 3.05) is 0 Å². The van der Waals surface area contributed by atoms with E-state index in [2.05, 4.69) is 21.4 Å². The number of nitrogens with one attached hydrogen (secondary N) is 2. The maximum atomic E-state index is 12.8. The number of fused-ring (bicyclic) bond motifs is 2. The van der Waals surface area contributed by atoms with Gasteiger partial charge < -0.3 is 15.0 Å². The van der Waals surface area contributed by atoms with E-state index in [4.69, 9.17) is 4.74 Å². The van der Waals surface area contributed by atoms with Crippen LogP contribution in [0.15, 0.2) is 48.8 Å². The minimum absolute atomic E-state index is 0.0103. The van der Waals surface area contributed by atoms with Gasteiger partial charge in [-0.3, -0.25) is 4.79 Å². The standard InChI is InChI=1S/C21H21N3O2/c25-19(11-14-13-23-20-15(14)6-3-10-22-20)24-17-12-21(8-4-9-21)26-18-7-2-1-5-16(17)18/h1-3,5-7,10,13,17H,4,8-9,11-12H2,(H,22,23)(H,24,25). The largest absolute Gasteiger partial charge is 0.487 e. The van der Waals surface area contributed by atoms with Gasteiger partial charge in [0, 0.05) is 29.8 Å². The number of para-hydroxylation sites is 1. The summed E-state index contributed by atoms with van der Waals surface area (Å²) < 4.78 is 6.27. The van der Waals surface area contributed by atoms with Gasteiger partial charge >= 0.3 is 0 Å². The first-order chi connectivity index (χ1) is 12.7. The van der Waals surface area contributed by atoms with Crippen molar-refractivity contribution >= 4 is 16.9 Å². The van der Waals surface area contributed by atoms with E-state index >= 15 is 0 Å². The third kappa shape index (κ3) is 2.55. The van der Waals surface area contributed by atoms with Gasteiger partial charge in [-0.1, -0.05) is 18.2 Å². The Labute approximate surface area is 151 Å². The number of nitrogens with zero attached hydrogens (tertiary/aromatic N) is 1. The quantitative estimate of drug-likeness (QED) is 0.760. The van der Waals surface area contributed by atoms with Gasteiger partial charge in [0.05, 0.1) is 12.5 Å². The molecule has 5 rings (SSSR count). The topological polar surface area (TPSA) is 67.0 Å². The first-order valence-electron chi connectivity index (χ1n) is 9.21. The number of pyridine rings is 1. The zero-order chi connectivity index (χ0) is 17.6. The number of aromatic nitrogens is 2. The summed E-state index contributed by atoms with van der Waals surface area (Å²) in [5.41, 5.74) is 2.79. The van der Waals surface area contributed by atoms with E-state index in [0.717, 1.165) is 47.2 Å². The predicted octanol–water partition coefficient (Wildman–Crippen LogP) is 3.67. The number of benzene rings is 1. The molecule has 1 aromatic carbocycles. The van der Waals surface area contributed by atoms with Gasteiger partial charge in [-0.2, -0.15) is 0 Å². The maximum Gasteiger partial charge on any atom is 0.224 e. The Morgan fingerprint density at radius 2 is 2.15 bits per heavy atom. The van der Waals surface area contributed by atoms with Gasteiger partial charge in [0.15, 0.2) is 0 Å². The molecule has 1 spiro atoms. The second-order valence-electron chi connectivity index (χ2n) is 7.39. The summed E-state index contributed by atoms with van der Waals surface area (Å²) in [6, 6.07) is 12.0. The van der Waals surface area contributed by atoms with Gasteiger partial charge in [-0.15, -0.1) is 0 Å². The van der Waals surface area contributed by atoms with Crippen LogP contribution < -0.4 is 10.1 Å². The van der Waals surface area contributed by atoms with Crippen molar-refractivity contribution in [3.8, 4) is 5.75 Å². The van der Waals surface area contributed by atoms with E-state index in [0.29, 0.717) is 6.42 Å². The molecule has 3 aromatic rings. The SMILES string of the molecule is O=C(Cc1c[nH]c2ncccc12)NC1CC2(CCC2)Oc2ccccc21. The number of rotatable bonds is 3. The normalized spacial score (nSPS) is 20.2. The molecule has 1 atom stereocenters. The van der Waals surface area contributed by atoms with Crippen LogP contribution in [0.3, 0.4) is 0 Å². The van der Waals surface area contributed by atoms with E-state index in [-0.39, 0.29) is 17.6 Å². The summed E-state index contributed by atoms with van der Waals surface area (Å²) in [7, 11) is 0. The number of hydrogen-bond acceptors (Lipinski definition) is 3. The van der Waals surface area contributed by atoms with Crippen LogP contribution in [0.25, 0.3) is 11.0 Å². The van der Waals surface area contributed by atoms with Crippen molar-refractivity contribution in [2.24, 2.45) is 0 Å². The van der Waals surface area contributed by atoms with Gasteiger partial charge in [0.1, 0.15) is 17.0 Å². The van der Waals surface area contributed by atoms with Crippen molar-refractivity contribution in [3.63, 3.8) is 0 Å². The van der Waals surface area contributed by atoms with E-state index in [9.17, 15) is 4.79 Å². The lowest BCUT2D eigenvalue weighted by atomic mass is 9.73. The Balaban J connectivity index is 1.37. The smallest absolute Gasteiger partial charge is 0.224 e.